The van der Waals surface area contributed by atoms with E-state index in [9.17, 15) is 0 Å². The van der Waals surface area contributed by atoms with Crippen molar-refractivity contribution in [1.29, 1.82) is 0 Å². The number of rotatable bonds is 6. The lowest BCUT2D eigenvalue weighted by Crippen LogP contribution is -2.34. The molecule has 0 saturated heterocycles. The lowest BCUT2D eigenvalue weighted by molar-refractivity contribution is 0.560. The molecule has 0 N–H and O–H groups in total. The third kappa shape index (κ3) is 4.58. The van der Waals surface area contributed by atoms with E-state index in [0.29, 0.717) is 0 Å². The summed E-state index contributed by atoms with van der Waals surface area (Å²) in [5.41, 5.74) is 12.2. The van der Waals surface area contributed by atoms with Gasteiger partial charge < -0.3 is 0 Å². The van der Waals surface area contributed by atoms with Crippen molar-refractivity contribution in [2.24, 2.45) is 5.92 Å². The van der Waals surface area contributed by atoms with E-state index in [1.165, 1.54) is 62.7 Å². The van der Waals surface area contributed by atoms with Gasteiger partial charge in [-0.15, -0.1) is 0 Å². The molecule has 3 rings (SSSR count). The van der Waals surface area contributed by atoms with E-state index in [4.69, 9.17) is 0 Å². The molecule has 143 valence electrons. The first-order chi connectivity index (χ1) is 13.4. The molecule has 0 spiro atoms. The smallest absolute Gasteiger partial charge is 0.0757 e. The Morgan fingerprint density at radius 2 is 1.21 bits per heavy atom. The molecule has 0 bridgehead atoms. The molecule has 3 aromatic rings. The molecule has 0 aliphatic carbocycles. The van der Waals surface area contributed by atoms with Crippen LogP contribution in [0.1, 0.15) is 48.1 Å². The summed E-state index contributed by atoms with van der Waals surface area (Å²) < 4.78 is 0. The molecule has 0 aliphatic rings. The van der Waals surface area contributed by atoms with Gasteiger partial charge in [0.05, 0.1) is 0 Å². The predicted octanol–water partition coefficient (Wildman–Crippen LogP) is 5.83. The van der Waals surface area contributed by atoms with Crippen LogP contribution in [0.5, 0.6) is 0 Å². The first-order valence-corrected chi connectivity index (χ1v) is 10.5. The Kier molecular flexibility index (Phi) is 6.44. The van der Waals surface area contributed by atoms with Gasteiger partial charge in [0.25, 0.3) is 0 Å². The molecule has 0 aliphatic heterocycles. The molecule has 0 nitrogen and oxygen atoms in total. The fourth-order valence-corrected chi connectivity index (χ4v) is 4.10. The fraction of sp³-hybridized carbons (Fsp3) is 0.333. The van der Waals surface area contributed by atoms with Crippen molar-refractivity contribution in [3.63, 3.8) is 0 Å². The second kappa shape index (κ2) is 8.82. The maximum absolute atomic E-state index is 2.39. The highest BCUT2D eigenvalue weighted by Gasteiger charge is 2.13. The molecule has 0 heterocycles. The Bertz CT molecular complexity index is 907. The van der Waals surface area contributed by atoms with E-state index < -0.39 is 0 Å². The summed E-state index contributed by atoms with van der Waals surface area (Å²) in [6.45, 7) is 13.6. The monoisotopic (exact) mass is 367 g/mol. The number of benzene rings is 3. The van der Waals surface area contributed by atoms with Crippen LogP contribution in [0.4, 0.5) is 0 Å². The summed E-state index contributed by atoms with van der Waals surface area (Å²) in [5.74, 6) is 0.739. The molecular weight excluding hydrogens is 335 g/mol. The van der Waals surface area contributed by atoms with Crippen LogP contribution in [0.2, 0.25) is 0 Å². The molecule has 0 amide bonds. The van der Waals surface area contributed by atoms with Crippen LogP contribution < -0.4 is 10.9 Å². The molecule has 1 atom stereocenters. The van der Waals surface area contributed by atoms with Crippen LogP contribution in [0.3, 0.4) is 0 Å². The van der Waals surface area contributed by atoms with Crippen LogP contribution in [0, 0.1) is 33.6 Å². The van der Waals surface area contributed by atoms with Crippen molar-refractivity contribution in [3.8, 4) is 11.1 Å². The Labute approximate surface area is 172 Å². The topological polar surface area (TPSA) is 0 Å². The van der Waals surface area contributed by atoms with Gasteiger partial charge in [0.15, 0.2) is 7.28 Å². The van der Waals surface area contributed by atoms with Crippen LogP contribution in [0.25, 0.3) is 11.1 Å². The molecule has 0 fully saturated rings. The summed E-state index contributed by atoms with van der Waals surface area (Å²) >= 11 is 0. The van der Waals surface area contributed by atoms with Crippen molar-refractivity contribution >= 4 is 18.2 Å². The average molecular weight is 367 g/mol. The van der Waals surface area contributed by atoms with E-state index in [1.54, 1.807) is 0 Å². The maximum Gasteiger partial charge on any atom is 0.192 e. The van der Waals surface area contributed by atoms with E-state index >= 15 is 0 Å². The highest BCUT2D eigenvalue weighted by Crippen LogP contribution is 2.21. The average Bonchev–Trinajstić information content (AvgIpc) is 2.66. The largest absolute Gasteiger partial charge is 0.192 e. The second-order valence-corrected chi connectivity index (χ2v) is 8.39. The molecule has 1 radical (unpaired) electrons. The Morgan fingerprint density at radius 1 is 0.714 bits per heavy atom. The normalized spacial score (nSPS) is 12.1. The van der Waals surface area contributed by atoms with Crippen LogP contribution >= 0.6 is 0 Å². The van der Waals surface area contributed by atoms with Crippen LogP contribution in [-0.2, 0) is 6.42 Å². The third-order valence-corrected chi connectivity index (χ3v) is 5.92. The SMILES string of the molecule is CCC(C)Cc1cc(C)c([B]c2c(C)cc(-c3ccccc3)cc2C)c(C)c1. The molecule has 0 saturated carbocycles. The van der Waals surface area contributed by atoms with Gasteiger partial charge in [-0.05, 0) is 56.7 Å². The van der Waals surface area contributed by atoms with Crippen molar-refractivity contribution in [2.75, 3.05) is 0 Å². The zero-order valence-electron chi connectivity index (χ0n) is 18.3. The third-order valence-electron chi connectivity index (χ3n) is 5.92. The van der Waals surface area contributed by atoms with Gasteiger partial charge in [-0.2, -0.15) is 0 Å². The van der Waals surface area contributed by atoms with Crippen molar-refractivity contribution < 1.29 is 0 Å². The highest BCUT2D eigenvalue weighted by molar-refractivity contribution is 6.69. The van der Waals surface area contributed by atoms with Crippen LogP contribution in [-0.4, -0.2) is 7.28 Å². The Hall–Kier alpha value is -2.28. The minimum atomic E-state index is 0.739. The molecular formula is C27H32B. The van der Waals surface area contributed by atoms with E-state index in [2.05, 4.69) is 103 Å². The van der Waals surface area contributed by atoms with E-state index in [1.807, 2.05) is 0 Å². The highest BCUT2D eigenvalue weighted by atomic mass is 14.1. The van der Waals surface area contributed by atoms with Crippen molar-refractivity contribution in [2.45, 2.75) is 54.4 Å². The van der Waals surface area contributed by atoms with Crippen molar-refractivity contribution in [1.82, 2.24) is 0 Å². The Morgan fingerprint density at radius 3 is 1.71 bits per heavy atom. The summed E-state index contributed by atoms with van der Waals surface area (Å²) in [7, 11) is 2.39. The molecule has 1 unspecified atom stereocenters. The van der Waals surface area contributed by atoms with Gasteiger partial charge >= 0.3 is 0 Å². The van der Waals surface area contributed by atoms with Crippen molar-refractivity contribution in [3.05, 3.63) is 82.4 Å². The molecule has 0 aromatic heterocycles. The van der Waals surface area contributed by atoms with Gasteiger partial charge in [0.1, 0.15) is 0 Å². The fourth-order valence-electron chi connectivity index (χ4n) is 4.10. The summed E-state index contributed by atoms with van der Waals surface area (Å²) in [6, 6.07) is 20.0. The lowest BCUT2D eigenvalue weighted by Gasteiger charge is -2.17. The first kappa shape index (κ1) is 20.5. The summed E-state index contributed by atoms with van der Waals surface area (Å²) in [4.78, 5) is 0. The second-order valence-electron chi connectivity index (χ2n) is 8.39. The van der Waals surface area contributed by atoms with Gasteiger partial charge in [0, 0.05) is 0 Å². The molecule has 1 heteroatoms. The molecule has 28 heavy (non-hydrogen) atoms. The summed E-state index contributed by atoms with van der Waals surface area (Å²) in [6.07, 6.45) is 2.40. The van der Waals surface area contributed by atoms with E-state index in [0.717, 1.165) is 5.92 Å². The standard InChI is InChI=1S/C27H32B/c1-7-18(2)13-23-14-19(3)26(20(4)15-23)28-27-21(5)16-25(17-22(27)6)24-11-9-8-10-12-24/h8-12,14-18H,7,13H2,1-6H3. The van der Waals surface area contributed by atoms with Gasteiger partial charge in [-0.25, -0.2) is 0 Å². The summed E-state index contributed by atoms with van der Waals surface area (Å²) in [5, 5.41) is 0. The van der Waals surface area contributed by atoms with Gasteiger partial charge in [-0.1, -0.05) is 108 Å². The van der Waals surface area contributed by atoms with Crippen LogP contribution in [0.15, 0.2) is 54.6 Å². The predicted molar refractivity (Wildman–Crippen MR) is 125 cm³/mol. The molecule has 3 aromatic carbocycles. The zero-order valence-corrected chi connectivity index (χ0v) is 18.3. The van der Waals surface area contributed by atoms with Gasteiger partial charge in [-0.3, -0.25) is 0 Å². The Balaban J connectivity index is 1.92. The van der Waals surface area contributed by atoms with Gasteiger partial charge in [0.2, 0.25) is 0 Å². The first-order valence-electron chi connectivity index (χ1n) is 10.5. The zero-order chi connectivity index (χ0) is 20.3. The minimum Gasteiger partial charge on any atom is -0.0757 e. The number of hydrogen-bond donors (Lipinski definition) is 0. The lowest BCUT2D eigenvalue weighted by atomic mass is 9.58. The van der Waals surface area contributed by atoms with E-state index in [-0.39, 0.29) is 0 Å². The number of aryl methyl sites for hydroxylation is 4. The maximum atomic E-state index is 2.39. The minimum absolute atomic E-state index is 0.739. The number of hydrogen-bond acceptors (Lipinski definition) is 0. The quantitative estimate of drug-likeness (QED) is 0.481.